The first-order valence-electron chi connectivity index (χ1n) is 1.96. The second-order valence-electron chi connectivity index (χ2n) is 1.15. The van der Waals surface area contributed by atoms with E-state index in [1.54, 1.807) is 0 Å². The van der Waals surface area contributed by atoms with Gasteiger partial charge in [0.05, 0.1) is 0 Å². The number of hydrogen-bond acceptors (Lipinski definition) is 2. The van der Waals surface area contributed by atoms with Crippen molar-refractivity contribution in [3.8, 4) is 0 Å². The Bertz CT molecular complexity index is 183. The normalized spacial score (nSPS) is 11.2. The lowest BCUT2D eigenvalue weighted by Crippen LogP contribution is -1.96. The van der Waals surface area contributed by atoms with Gasteiger partial charge in [0, 0.05) is 0 Å². The van der Waals surface area contributed by atoms with Crippen molar-refractivity contribution in [2.24, 2.45) is 0 Å². The summed E-state index contributed by atoms with van der Waals surface area (Å²) in [6, 6.07) is 0. The van der Waals surface area contributed by atoms with Crippen LogP contribution in [-0.4, -0.2) is 15.6 Å². The van der Waals surface area contributed by atoms with Gasteiger partial charge in [0.15, 0.2) is 6.20 Å². The van der Waals surface area contributed by atoms with Gasteiger partial charge < -0.3 is 5.11 Å². The molecule has 0 radical (unpaired) electrons. The van der Waals surface area contributed by atoms with Crippen LogP contribution in [0.4, 0.5) is 4.79 Å². The minimum Gasteiger partial charge on any atom is -0.470 e. The van der Waals surface area contributed by atoms with Gasteiger partial charge in [-0.1, -0.05) is 0 Å². The number of aromatic nitrogens is 2. The van der Waals surface area contributed by atoms with Crippen molar-refractivity contribution in [2.75, 3.05) is 0 Å². The van der Waals surface area contributed by atoms with Crippen LogP contribution in [-0.2, 0) is 0 Å². The third-order valence-electron chi connectivity index (χ3n) is 0.635. The molecule has 0 saturated carbocycles. The van der Waals surface area contributed by atoms with E-state index in [0.29, 0.717) is 0 Å². The fourth-order valence-electron chi connectivity index (χ4n) is 0.342. The zero-order valence-electron chi connectivity index (χ0n) is 3.90. The van der Waals surface area contributed by atoms with Crippen molar-refractivity contribution in [1.82, 2.24) is 4.75 Å². The van der Waals surface area contributed by atoms with Crippen molar-refractivity contribution in [3.63, 3.8) is 0 Å². The molecule has 5 heteroatoms. The standard InChI is InChI=1S/C3H3N2O2P/c6-3(7)8-4-1-2-5-8/h1-2H,(H,6,7)/p+1. The molecule has 8 heavy (non-hydrogen) atoms. The van der Waals surface area contributed by atoms with Crippen molar-refractivity contribution >= 4 is 13.6 Å². The second kappa shape index (κ2) is 1.92. The quantitative estimate of drug-likeness (QED) is 0.600. The van der Waals surface area contributed by atoms with E-state index in [4.69, 9.17) is 5.11 Å². The van der Waals surface area contributed by atoms with Gasteiger partial charge >= 0.3 is 13.6 Å². The van der Waals surface area contributed by atoms with Crippen LogP contribution < -0.4 is 4.75 Å². The average Bonchev–Trinajstić information content (AvgIpc) is 2.12. The molecular formula is C3H4N2O2P+. The summed E-state index contributed by atoms with van der Waals surface area (Å²) in [5.74, 6) is 0. The van der Waals surface area contributed by atoms with E-state index in [2.05, 4.69) is 9.49 Å². The number of rotatable bonds is 1. The van der Waals surface area contributed by atoms with E-state index in [-0.39, 0.29) is 0 Å². The molecular weight excluding hydrogens is 127 g/mol. The van der Waals surface area contributed by atoms with Crippen LogP contribution in [0.2, 0.25) is 0 Å². The summed E-state index contributed by atoms with van der Waals surface area (Å²) >= 11 is 0. The molecule has 2 N–H and O–H groups in total. The van der Waals surface area contributed by atoms with E-state index < -0.39 is 13.6 Å². The number of aromatic amines is 1. The highest BCUT2D eigenvalue weighted by Gasteiger charge is 2.11. The van der Waals surface area contributed by atoms with Crippen LogP contribution in [0.15, 0.2) is 12.4 Å². The summed E-state index contributed by atoms with van der Waals surface area (Å²) < 4.78 is 6.18. The predicted molar refractivity (Wildman–Crippen MR) is 26.9 cm³/mol. The Morgan fingerprint density at radius 1 is 1.88 bits per heavy atom. The van der Waals surface area contributed by atoms with E-state index >= 15 is 0 Å². The molecule has 1 rings (SSSR count). The van der Waals surface area contributed by atoms with E-state index in [1.807, 2.05) is 0 Å². The maximum atomic E-state index is 10.0. The van der Waals surface area contributed by atoms with Crippen LogP contribution in [0.1, 0.15) is 0 Å². The smallest absolute Gasteiger partial charge is 0.433 e. The van der Waals surface area contributed by atoms with Gasteiger partial charge in [-0.15, -0.1) is 0 Å². The number of hydrogen-bond donors (Lipinski definition) is 1. The van der Waals surface area contributed by atoms with E-state index in [1.165, 1.54) is 12.4 Å². The topological polar surface area (TPSA) is 64.3 Å². The second-order valence-corrected chi connectivity index (χ2v) is 2.65. The van der Waals surface area contributed by atoms with Gasteiger partial charge in [0.25, 0.3) is 0 Å². The van der Waals surface area contributed by atoms with Crippen LogP contribution in [0.25, 0.3) is 0 Å². The Morgan fingerprint density at radius 2 is 2.62 bits per heavy atom. The molecule has 1 atom stereocenters. The summed E-state index contributed by atoms with van der Waals surface area (Å²) in [5.41, 5.74) is -0.884. The maximum Gasteiger partial charge on any atom is 0.433 e. The molecule has 0 saturated heterocycles. The summed E-state index contributed by atoms with van der Waals surface area (Å²) in [6.45, 7) is 0. The molecule has 0 bridgehead atoms. The molecule has 4 nitrogen and oxygen atoms in total. The lowest BCUT2D eigenvalue weighted by molar-refractivity contribution is -0.290. The fraction of sp³-hybridized carbons (Fsp3) is 0. The molecule has 0 aliphatic heterocycles. The highest BCUT2D eigenvalue weighted by Crippen LogP contribution is 2.09. The number of carbonyl (C=O) groups is 1. The van der Waals surface area contributed by atoms with Gasteiger partial charge in [0.1, 0.15) is 6.20 Å². The minimum absolute atomic E-state index is 0.884. The first-order chi connectivity index (χ1) is 3.80. The number of carboxylic acid groups (broad SMARTS) is 1. The molecule has 0 aliphatic rings. The van der Waals surface area contributed by atoms with Crippen LogP contribution in [0, 0.1) is 0 Å². The lowest BCUT2D eigenvalue weighted by Gasteiger charge is -1.69. The van der Waals surface area contributed by atoms with E-state index in [0.717, 1.165) is 0 Å². The zero-order valence-corrected chi connectivity index (χ0v) is 4.80. The monoisotopic (exact) mass is 131 g/mol. The molecule has 0 aromatic carbocycles. The minimum atomic E-state index is -1.32. The van der Waals surface area contributed by atoms with Crippen LogP contribution in [0.5, 0.6) is 0 Å². The van der Waals surface area contributed by atoms with Crippen molar-refractivity contribution in [2.45, 2.75) is 0 Å². The molecule has 0 spiro atoms. The Balaban J connectivity index is 2.93. The van der Waals surface area contributed by atoms with Crippen molar-refractivity contribution < 1.29 is 14.6 Å². The highest BCUT2D eigenvalue weighted by atomic mass is 31.1. The molecule has 0 amide bonds. The third-order valence-corrected chi connectivity index (χ3v) is 1.75. The highest BCUT2D eigenvalue weighted by molar-refractivity contribution is 7.57. The predicted octanol–water partition coefficient (Wildman–Crippen LogP) is 0.408. The first kappa shape index (κ1) is 5.25. The summed E-state index contributed by atoms with van der Waals surface area (Å²) in [5, 5.41) is 8.25. The van der Waals surface area contributed by atoms with Crippen LogP contribution in [0.3, 0.4) is 0 Å². The molecule has 1 aromatic heterocycles. The zero-order chi connectivity index (χ0) is 5.98. The van der Waals surface area contributed by atoms with Gasteiger partial charge in [-0.3, -0.25) is 0 Å². The van der Waals surface area contributed by atoms with Crippen molar-refractivity contribution in [1.29, 1.82) is 0 Å². The Morgan fingerprint density at radius 3 is 2.88 bits per heavy atom. The molecule has 0 fully saturated rings. The van der Waals surface area contributed by atoms with Gasteiger partial charge in [-0.05, 0) is 4.75 Å². The van der Waals surface area contributed by atoms with E-state index in [9.17, 15) is 4.79 Å². The fourth-order valence-corrected chi connectivity index (χ4v) is 1.03. The third kappa shape index (κ3) is 0.845. The average molecular weight is 131 g/mol. The summed E-state index contributed by atoms with van der Waals surface area (Å²) in [7, 11) is -1.32. The first-order valence-corrected chi connectivity index (χ1v) is 3.25. The molecule has 1 unspecified atom stereocenters. The SMILES string of the molecule is O=C(O)p1ncc[nH+]1. The summed E-state index contributed by atoms with van der Waals surface area (Å²) in [4.78, 5) is 10.0. The molecule has 1 heterocycles. The largest absolute Gasteiger partial charge is 0.470 e. The van der Waals surface area contributed by atoms with Gasteiger partial charge in [-0.25, -0.2) is 9.54 Å². The molecule has 42 valence electrons. The number of nitrogens with zero attached hydrogens (tertiary/aromatic N) is 1. The Labute approximate surface area is 46.4 Å². The maximum absolute atomic E-state index is 10.0. The van der Waals surface area contributed by atoms with Crippen LogP contribution >= 0.6 is 7.85 Å². The number of H-pyrrole nitrogens is 1. The van der Waals surface area contributed by atoms with Gasteiger partial charge in [0.2, 0.25) is 0 Å². The Kier molecular flexibility index (Phi) is 1.26. The Hall–Kier alpha value is -0.890. The lowest BCUT2D eigenvalue weighted by atomic mass is 11.0. The van der Waals surface area contributed by atoms with Crippen molar-refractivity contribution in [3.05, 3.63) is 12.4 Å². The molecule has 0 aliphatic carbocycles. The number of nitrogens with one attached hydrogen (secondary N) is 1. The summed E-state index contributed by atoms with van der Waals surface area (Å²) in [6.07, 6.45) is 2.99. The van der Waals surface area contributed by atoms with Gasteiger partial charge in [-0.2, -0.15) is 0 Å². The molecule has 1 aromatic rings.